The molecule has 1 rings (SSSR count). The molecule has 0 aromatic carbocycles. The molecular formula is C12H22O2. The van der Waals surface area contributed by atoms with Gasteiger partial charge in [0.15, 0.2) is 0 Å². The van der Waals surface area contributed by atoms with Gasteiger partial charge < -0.3 is 9.47 Å². The zero-order valence-electron chi connectivity index (χ0n) is 9.86. The van der Waals surface area contributed by atoms with E-state index >= 15 is 0 Å². The molecule has 0 bridgehead atoms. The van der Waals surface area contributed by atoms with E-state index in [1.54, 1.807) is 6.26 Å². The minimum absolute atomic E-state index is 0.0765. The Kier molecular flexibility index (Phi) is 3.99. The third-order valence-electron chi connectivity index (χ3n) is 3.53. The summed E-state index contributed by atoms with van der Waals surface area (Å²) in [7, 11) is 0. The third-order valence-corrected chi connectivity index (χ3v) is 3.53. The predicted molar refractivity (Wildman–Crippen MR) is 57.7 cm³/mol. The molecule has 1 heterocycles. The average molecular weight is 198 g/mol. The Morgan fingerprint density at radius 3 is 2.21 bits per heavy atom. The van der Waals surface area contributed by atoms with Crippen molar-refractivity contribution in [3.63, 3.8) is 0 Å². The van der Waals surface area contributed by atoms with Crippen molar-refractivity contribution >= 4 is 0 Å². The third kappa shape index (κ3) is 2.30. The first-order valence-corrected chi connectivity index (χ1v) is 5.50. The summed E-state index contributed by atoms with van der Waals surface area (Å²) in [5.74, 6) is 1.71. The Balaban J connectivity index is 2.60. The van der Waals surface area contributed by atoms with E-state index in [9.17, 15) is 0 Å². The second-order valence-electron chi connectivity index (χ2n) is 4.39. The van der Waals surface area contributed by atoms with E-state index in [1.807, 2.05) is 13.0 Å². The van der Waals surface area contributed by atoms with Gasteiger partial charge in [0.2, 0.25) is 6.29 Å². The van der Waals surface area contributed by atoms with Crippen molar-refractivity contribution in [1.82, 2.24) is 0 Å². The second kappa shape index (κ2) is 4.83. The Morgan fingerprint density at radius 2 is 1.64 bits per heavy atom. The fraction of sp³-hybridized carbons (Fsp3) is 0.833. The smallest absolute Gasteiger partial charge is 0.202 e. The van der Waals surface area contributed by atoms with Crippen molar-refractivity contribution in [2.75, 3.05) is 0 Å². The Bertz CT molecular complexity index is 200. The van der Waals surface area contributed by atoms with E-state index < -0.39 is 0 Å². The van der Waals surface area contributed by atoms with Crippen LogP contribution in [0.5, 0.6) is 0 Å². The first-order valence-electron chi connectivity index (χ1n) is 5.50. The number of hydrogen-bond acceptors (Lipinski definition) is 2. The lowest BCUT2D eigenvalue weighted by molar-refractivity contribution is -0.222. The van der Waals surface area contributed by atoms with Crippen LogP contribution in [0.1, 0.15) is 34.6 Å². The average Bonchev–Trinajstić information content (AvgIpc) is 2.18. The molecule has 2 heteroatoms. The van der Waals surface area contributed by atoms with E-state index in [-0.39, 0.29) is 12.4 Å². The van der Waals surface area contributed by atoms with Crippen LogP contribution in [-0.2, 0) is 9.47 Å². The maximum absolute atomic E-state index is 5.81. The summed E-state index contributed by atoms with van der Waals surface area (Å²) in [6.07, 6.45) is 3.82. The van der Waals surface area contributed by atoms with E-state index in [0.717, 1.165) is 0 Å². The summed E-state index contributed by atoms with van der Waals surface area (Å²) in [5, 5.41) is 0. The predicted octanol–water partition coefficient (Wildman–Crippen LogP) is 3.19. The maximum atomic E-state index is 5.81. The van der Waals surface area contributed by atoms with Crippen LogP contribution >= 0.6 is 0 Å². The van der Waals surface area contributed by atoms with Crippen LogP contribution in [0.4, 0.5) is 0 Å². The summed E-state index contributed by atoms with van der Waals surface area (Å²) in [5.41, 5.74) is 0. The van der Waals surface area contributed by atoms with Crippen LogP contribution in [0, 0.1) is 17.8 Å². The van der Waals surface area contributed by atoms with E-state index in [1.165, 1.54) is 0 Å². The van der Waals surface area contributed by atoms with Gasteiger partial charge in [0, 0.05) is 5.92 Å². The van der Waals surface area contributed by atoms with Gasteiger partial charge in [-0.25, -0.2) is 0 Å². The zero-order chi connectivity index (χ0) is 10.7. The van der Waals surface area contributed by atoms with Crippen molar-refractivity contribution < 1.29 is 9.47 Å². The Hall–Kier alpha value is -0.500. The fourth-order valence-electron chi connectivity index (χ4n) is 1.93. The molecule has 0 aliphatic carbocycles. The molecule has 0 radical (unpaired) electrons. The zero-order valence-corrected chi connectivity index (χ0v) is 9.86. The maximum Gasteiger partial charge on any atom is 0.202 e. The van der Waals surface area contributed by atoms with Crippen molar-refractivity contribution in [2.45, 2.75) is 47.0 Å². The standard InChI is InChI=1S/C12H22O2/c1-6-7-13-12-10(4)8(2)9(3)11(5)14-12/h6-12H,1-5H3/b7-6-/t8-,9-,10?,11?,12-/m0/s1. The van der Waals surface area contributed by atoms with Gasteiger partial charge in [-0.05, 0) is 25.7 Å². The second-order valence-corrected chi connectivity index (χ2v) is 4.39. The highest BCUT2D eigenvalue weighted by molar-refractivity contribution is 4.81. The highest BCUT2D eigenvalue weighted by Gasteiger charge is 2.37. The number of allylic oxidation sites excluding steroid dienone is 1. The molecule has 0 spiro atoms. The van der Waals surface area contributed by atoms with Gasteiger partial charge in [-0.15, -0.1) is 0 Å². The molecule has 2 nitrogen and oxygen atoms in total. The van der Waals surface area contributed by atoms with Gasteiger partial charge in [0.1, 0.15) is 0 Å². The number of hydrogen-bond donors (Lipinski definition) is 0. The summed E-state index contributed by atoms with van der Waals surface area (Å²) >= 11 is 0. The van der Waals surface area contributed by atoms with Gasteiger partial charge in [0.25, 0.3) is 0 Å². The van der Waals surface area contributed by atoms with Gasteiger partial charge in [0.05, 0.1) is 12.4 Å². The van der Waals surface area contributed by atoms with E-state index in [2.05, 4.69) is 27.7 Å². The van der Waals surface area contributed by atoms with E-state index in [0.29, 0.717) is 17.8 Å². The summed E-state index contributed by atoms with van der Waals surface area (Å²) in [6, 6.07) is 0. The van der Waals surface area contributed by atoms with Crippen molar-refractivity contribution in [1.29, 1.82) is 0 Å². The molecule has 0 amide bonds. The monoisotopic (exact) mass is 198 g/mol. The first kappa shape index (κ1) is 11.6. The van der Waals surface area contributed by atoms with Gasteiger partial charge in [-0.3, -0.25) is 0 Å². The minimum Gasteiger partial charge on any atom is -0.473 e. The van der Waals surface area contributed by atoms with Crippen LogP contribution in [0.25, 0.3) is 0 Å². The largest absolute Gasteiger partial charge is 0.473 e. The molecule has 5 atom stereocenters. The first-order chi connectivity index (χ1) is 6.57. The fourth-order valence-corrected chi connectivity index (χ4v) is 1.93. The lowest BCUT2D eigenvalue weighted by atomic mass is 9.79. The van der Waals surface area contributed by atoms with E-state index in [4.69, 9.17) is 9.47 Å². The molecule has 82 valence electrons. The molecule has 1 saturated heterocycles. The Morgan fingerprint density at radius 1 is 1.00 bits per heavy atom. The highest BCUT2D eigenvalue weighted by Crippen LogP contribution is 2.35. The highest BCUT2D eigenvalue weighted by atomic mass is 16.7. The molecule has 0 aromatic heterocycles. The van der Waals surface area contributed by atoms with Crippen molar-refractivity contribution in [3.05, 3.63) is 12.3 Å². The van der Waals surface area contributed by atoms with Crippen LogP contribution in [-0.4, -0.2) is 12.4 Å². The quantitative estimate of drug-likeness (QED) is 0.634. The summed E-state index contributed by atoms with van der Waals surface area (Å²) in [4.78, 5) is 0. The molecule has 1 aliphatic heterocycles. The number of rotatable bonds is 2. The van der Waals surface area contributed by atoms with Crippen molar-refractivity contribution in [2.24, 2.45) is 17.8 Å². The van der Waals surface area contributed by atoms with Gasteiger partial charge >= 0.3 is 0 Å². The van der Waals surface area contributed by atoms with Crippen LogP contribution < -0.4 is 0 Å². The lowest BCUT2D eigenvalue weighted by Crippen LogP contribution is -2.43. The molecule has 0 saturated carbocycles. The number of ether oxygens (including phenoxy) is 2. The topological polar surface area (TPSA) is 18.5 Å². The summed E-state index contributed by atoms with van der Waals surface area (Å²) < 4.78 is 11.3. The molecule has 0 aromatic rings. The minimum atomic E-state index is -0.0765. The molecule has 14 heavy (non-hydrogen) atoms. The van der Waals surface area contributed by atoms with Crippen LogP contribution in [0.15, 0.2) is 12.3 Å². The molecule has 2 unspecified atom stereocenters. The van der Waals surface area contributed by atoms with Gasteiger partial charge in [-0.1, -0.05) is 26.8 Å². The van der Waals surface area contributed by atoms with Crippen molar-refractivity contribution in [3.8, 4) is 0 Å². The lowest BCUT2D eigenvalue weighted by Gasteiger charge is -2.41. The van der Waals surface area contributed by atoms with Crippen LogP contribution in [0.2, 0.25) is 0 Å². The molecule has 0 N–H and O–H groups in total. The SMILES string of the molecule is C/C=C\O[C@H]1OC(C)[C@@H](C)[C@H](C)C1C. The summed E-state index contributed by atoms with van der Waals surface area (Å²) in [6.45, 7) is 10.8. The Labute approximate surface area is 87.3 Å². The van der Waals surface area contributed by atoms with Gasteiger partial charge in [-0.2, -0.15) is 0 Å². The molecule has 1 aliphatic rings. The van der Waals surface area contributed by atoms with Crippen LogP contribution in [0.3, 0.4) is 0 Å². The molecular weight excluding hydrogens is 176 g/mol. The normalized spacial score (nSPS) is 44.2. The molecule has 1 fully saturated rings.